The molecule has 10 nitrogen and oxygen atoms in total. The van der Waals surface area contributed by atoms with Crippen molar-refractivity contribution in [3.05, 3.63) is 58.7 Å². The largest absolute Gasteiger partial charge is 0.478 e. The Kier molecular flexibility index (Phi) is 5.82. The molecule has 0 saturated heterocycles. The second kappa shape index (κ2) is 8.03. The molecule has 3 rings (SSSR count). The van der Waals surface area contributed by atoms with Crippen LogP contribution in [0.5, 0.6) is 11.5 Å². The Morgan fingerprint density at radius 1 is 0.528 bits per heavy atom. The van der Waals surface area contributed by atoms with Crippen molar-refractivity contribution in [1.29, 1.82) is 0 Å². The molecule has 2 aromatic rings. The van der Waals surface area contributed by atoms with Crippen LogP contribution in [0.2, 0.25) is 0 Å². The van der Waals surface area contributed by atoms with Crippen molar-refractivity contribution in [3.63, 3.8) is 0 Å². The highest BCUT2D eigenvalue weighted by atomic mass is 19.3. The van der Waals surface area contributed by atoms with Crippen molar-refractivity contribution in [1.82, 2.24) is 0 Å². The second-order valence-corrected chi connectivity index (χ2v) is 7.18. The lowest BCUT2D eigenvalue weighted by molar-refractivity contribution is -0.527. The summed E-state index contributed by atoms with van der Waals surface area (Å²) in [6, 6.07) is 1.95. The number of hydrogen-bond donors (Lipinski definition) is 4. The van der Waals surface area contributed by atoms with Gasteiger partial charge in [-0.1, -0.05) is 0 Å². The minimum atomic E-state index is -5.96. The molecule has 0 aliphatic heterocycles. The van der Waals surface area contributed by atoms with E-state index in [4.69, 9.17) is 20.4 Å². The van der Waals surface area contributed by atoms with Crippen molar-refractivity contribution >= 4 is 23.9 Å². The molecule has 2 unspecified atom stereocenters. The van der Waals surface area contributed by atoms with Crippen LogP contribution in [0, 0.1) is 0 Å². The van der Waals surface area contributed by atoms with Gasteiger partial charge in [-0.05, 0) is 36.4 Å². The van der Waals surface area contributed by atoms with Gasteiger partial charge >= 0.3 is 47.4 Å². The van der Waals surface area contributed by atoms with E-state index in [1.165, 1.54) is 0 Å². The van der Waals surface area contributed by atoms with E-state index in [0.29, 0.717) is 24.3 Å². The first kappa shape index (κ1) is 26.1. The molecule has 1 saturated carbocycles. The predicted molar refractivity (Wildman–Crippen MR) is 99.5 cm³/mol. The summed E-state index contributed by atoms with van der Waals surface area (Å²) in [5.41, 5.74) is -4.18. The summed E-state index contributed by atoms with van der Waals surface area (Å²) in [6.45, 7) is 0. The quantitative estimate of drug-likeness (QED) is 0.375. The first-order valence-electron chi connectivity index (χ1n) is 9.14. The number of carbonyl (C=O) groups is 4. The maximum Gasteiger partial charge on any atom is 0.395 e. The molecule has 0 heterocycles. The zero-order valence-electron chi connectivity index (χ0n) is 17.0. The molecule has 4 N–H and O–H groups in total. The van der Waals surface area contributed by atoms with Crippen molar-refractivity contribution < 1.29 is 75.4 Å². The fraction of sp³-hybridized carbons (Fsp3) is 0.200. The van der Waals surface area contributed by atoms with E-state index in [0.717, 1.165) is 0 Å². The van der Waals surface area contributed by atoms with Gasteiger partial charge in [-0.15, -0.1) is 0 Å². The van der Waals surface area contributed by atoms with E-state index < -0.39 is 81.2 Å². The van der Waals surface area contributed by atoms with Gasteiger partial charge in [-0.3, -0.25) is 0 Å². The first-order valence-corrected chi connectivity index (χ1v) is 9.14. The predicted octanol–water partition coefficient (Wildman–Crippen LogP) is 3.55. The van der Waals surface area contributed by atoms with Crippen LogP contribution in [0.4, 0.5) is 26.3 Å². The first-order chi connectivity index (χ1) is 16.4. The van der Waals surface area contributed by atoms with Crippen LogP contribution in [0.15, 0.2) is 36.4 Å². The zero-order valence-corrected chi connectivity index (χ0v) is 17.0. The Bertz CT molecular complexity index is 1210. The van der Waals surface area contributed by atoms with E-state index in [1.807, 2.05) is 0 Å². The van der Waals surface area contributed by atoms with Crippen LogP contribution in [0.1, 0.15) is 41.4 Å². The Labute approximate surface area is 193 Å². The standard InChI is InChI=1S/C20H10F6O10/c21-17(22)18(23,24)20(26,36-8-2-4-10(14(29)30)12(6-8)16(33)34)19(17,25)35-7-1-3-9(13(27)28)11(5-7)15(31)32/h1-6H,(H,27,28)(H,29,30)(H,31,32)(H,33,34). The summed E-state index contributed by atoms with van der Waals surface area (Å²) in [5.74, 6) is -32.9. The minimum absolute atomic E-state index is 0.157. The summed E-state index contributed by atoms with van der Waals surface area (Å²) in [5, 5.41) is 36.0. The smallest absolute Gasteiger partial charge is 0.395 e. The molecule has 192 valence electrons. The topological polar surface area (TPSA) is 168 Å². The maximum atomic E-state index is 15.2. The summed E-state index contributed by atoms with van der Waals surface area (Å²) in [6.07, 6.45) is 0. The molecule has 36 heavy (non-hydrogen) atoms. The van der Waals surface area contributed by atoms with Gasteiger partial charge < -0.3 is 29.9 Å². The number of alkyl halides is 6. The average molecular weight is 524 g/mol. The molecule has 0 spiro atoms. The van der Waals surface area contributed by atoms with E-state index in [1.54, 1.807) is 0 Å². The Morgan fingerprint density at radius 3 is 1.06 bits per heavy atom. The number of benzene rings is 2. The van der Waals surface area contributed by atoms with Gasteiger partial charge in [0.05, 0.1) is 22.3 Å². The lowest BCUT2D eigenvalue weighted by Gasteiger charge is -2.55. The van der Waals surface area contributed by atoms with Crippen LogP contribution >= 0.6 is 0 Å². The highest BCUT2D eigenvalue weighted by Gasteiger charge is 3.03. The number of carboxylic acid groups (broad SMARTS) is 4. The molecule has 0 aromatic heterocycles. The monoisotopic (exact) mass is 524 g/mol. The van der Waals surface area contributed by atoms with Crippen LogP contribution in [0.3, 0.4) is 0 Å². The molecule has 0 bridgehead atoms. The fourth-order valence-corrected chi connectivity index (χ4v) is 3.23. The number of ether oxygens (including phenoxy) is 2. The van der Waals surface area contributed by atoms with Gasteiger partial charge in [-0.2, -0.15) is 26.3 Å². The SMILES string of the molecule is O=C(O)c1ccc(OC2(F)C(F)(F)C(F)(F)C2(F)Oc2ccc(C(=O)O)c(C(=O)O)c2)cc1C(=O)O. The summed E-state index contributed by atoms with van der Waals surface area (Å²) in [7, 11) is 0. The number of carboxylic acids is 4. The van der Waals surface area contributed by atoms with Crippen molar-refractivity contribution in [2.45, 2.75) is 23.6 Å². The van der Waals surface area contributed by atoms with Gasteiger partial charge in [0.1, 0.15) is 11.5 Å². The van der Waals surface area contributed by atoms with Gasteiger partial charge in [0.25, 0.3) is 0 Å². The maximum absolute atomic E-state index is 15.2. The van der Waals surface area contributed by atoms with Gasteiger partial charge in [-0.25, -0.2) is 19.2 Å². The molecule has 1 fully saturated rings. The summed E-state index contributed by atoms with van der Waals surface area (Å²) in [4.78, 5) is 44.6. The Balaban J connectivity index is 2.09. The highest BCUT2D eigenvalue weighted by molar-refractivity contribution is 6.02. The van der Waals surface area contributed by atoms with Crippen LogP contribution in [-0.2, 0) is 0 Å². The zero-order chi connectivity index (χ0) is 27.4. The molecule has 1 aliphatic rings. The van der Waals surface area contributed by atoms with Crippen molar-refractivity contribution in [2.24, 2.45) is 0 Å². The molecule has 16 heteroatoms. The van der Waals surface area contributed by atoms with Gasteiger partial charge in [0.2, 0.25) is 0 Å². The second-order valence-electron chi connectivity index (χ2n) is 7.18. The summed E-state index contributed by atoms with van der Waals surface area (Å²) < 4.78 is 95.2. The van der Waals surface area contributed by atoms with Gasteiger partial charge in [0, 0.05) is 0 Å². The van der Waals surface area contributed by atoms with Crippen molar-refractivity contribution in [3.8, 4) is 11.5 Å². The third kappa shape index (κ3) is 3.44. The number of rotatable bonds is 8. The van der Waals surface area contributed by atoms with E-state index in [9.17, 15) is 36.7 Å². The lowest BCUT2D eigenvalue weighted by Crippen LogP contribution is -2.89. The van der Waals surface area contributed by atoms with Crippen LogP contribution < -0.4 is 9.47 Å². The minimum Gasteiger partial charge on any atom is -0.478 e. The number of halogens is 6. The van der Waals surface area contributed by atoms with Crippen LogP contribution in [-0.4, -0.2) is 67.9 Å². The molecular weight excluding hydrogens is 514 g/mol. The lowest BCUT2D eigenvalue weighted by atomic mass is 9.76. The average Bonchev–Trinajstić information content (AvgIpc) is 2.77. The Morgan fingerprint density at radius 2 is 0.806 bits per heavy atom. The highest BCUT2D eigenvalue weighted by Crippen LogP contribution is 2.68. The summed E-state index contributed by atoms with van der Waals surface area (Å²) >= 11 is 0. The van der Waals surface area contributed by atoms with Gasteiger partial charge in [0.15, 0.2) is 0 Å². The fourth-order valence-electron chi connectivity index (χ4n) is 3.23. The number of aromatic carboxylic acids is 4. The molecule has 0 amide bonds. The van der Waals surface area contributed by atoms with Crippen LogP contribution in [0.25, 0.3) is 0 Å². The third-order valence-corrected chi connectivity index (χ3v) is 5.04. The van der Waals surface area contributed by atoms with E-state index in [-0.39, 0.29) is 12.1 Å². The van der Waals surface area contributed by atoms with E-state index in [2.05, 4.69) is 9.47 Å². The normalized spacial score (nSPS) is 23.7. The third-order valence-electron chi connectivity index (χ3n) is 5.04. The molecule has 0 radical (unpaired) electrons. The van der Waals surface area contributed by atoms with Crippen molar-refractivity contribution in [2.75, 3.05) is 0 Å². The molecule has 2 atom stereocenters. The number of hydrogen-bond acceptors (Lipinski definition) is 6. The molecule has 1 aliphatic carbocycles. The molecule has 2 aromatic carbocycles. The van der Waals surface area contributed by atoms with E-state index >= 15 is 8.78 Å². The Hall–Kier alpha value is -4.50. The molecular formula is C20H10F6O10.